The van der Waals surface area contributed by atoms with E-state index in [2.05, 4.69) is 15.3 Å². The minimum atomic E-state index is -1.00. The van der Waals surface area contributed by atoms with Crippen LogP contribution in [0.4, 0.5) is 0 Å². The van der Waals surface area contributed by atoms with Crippen LogP contribution < -0.4 is 5.32 Å². The van der Waals surface area contributed by atoms with E-state index < -0.39 is 6.10 Å². The third-order valence-corrected chi connectivity index (χ3v) is 3.82. The molecule has 0 saturated heterocycles. The number of nitrogens with one attached hydrogen (secondary N) is 1. The third-order valence-electron chi connectivity index (χ3n) is 3.16. The van der Waals surface area contributed by atoms with Gasteiger partial charge in [0.05, 0.1) is 17.4 Å². The van der Waals surface area contributed by atoms with E-state index in [4.69, 9.17) is 23.2 Å². The Bertz CT molecular complexity index is 659. The number of hydrogen-bond donors (Lipinski definition) is 2. The van der Waals surface area contributed by atoms with Crippen molar-refractivity contribution < 1.29 is 9.90 Å². The number of nitrogens with zero attached hydrogens (tertiary/aromatic N) is 2. The van der Waals surface area contributed by atoms with E-state index in [1.807, 2.05) is 6.92 Å². The summed E-state index contributed by atoms with van der Waals surface area (Å²) in [5, 5.41) is 13.5. The zero-order valence-corrected chi connectivity index (χ0v) is 13.4. The fourth-order valence-corrected chi connectivity index (χ4v) is 2.69. The first-order valence-electron chi connectivity index (χ1n) is 6.73. The van der Waals surface area contributed by atoms with Gasteiger partial charge in [0, 0.05) is 28.4 Å². The standard InChI is InChI=1S/C15H15Cl2N3O2/c1-2-12-9(6-18-8-20-12)15(22)19-7-13(21)14-10(16)4-3-5-11(14)17/h3-6,8,13,21H,2,7H2,1H3,(H,19,22)/t13-/m1/s1. The Morgan fingerprint density at radius 1 is 1.36 bits per heavy atom. The molecule has 0 fully saturated rings. The van der Waals surface area contributed by atoms with E-state index in [-0.39, 0.29) is 12.5 Å². The van der Waals surface area contributed by atoms with E-state index in [0.717, 1.165) is 0 Å². The van der Waals surface area contributed by atoms with Crippen LogP contribution in [0.15, 0.2) is 30.7 Å². The molecule has 0 unspecified atom stereocenters. The fourth-order valence-electron chi connectivity index (χ4n) is 2.04. The van der Waals surface area contributed by atoms with Gasteiger partial charge in [0.2, 0.25) is 0 Å². The molecule has 1 amide bonds. The zero-order valence-electron chi connectivity index (χ0n) is 11.9. The van der Waals surface area contributed by atoms with Crippen molar-refractivity contribution in [2.45, 2.75) is 19.4 Å². The molecule has 22 heavy (non-hydrogen) atoms. The highest BCUT2D eigenvalue weighted by molar-refractivity contribution is 6.36. The Labute approximate surface area is 138 Å². The number of hydrogen-bond acceptors (Lipinski definition) is 4. The largest absolute Gasteiger partial charge is 0.386 e. The first-order chi connectivity index (χ1) is 10.5. The molecular formula is C15H15Cl2N3O2. The summed E-state index contributed by atoms with van der Waals surface area (Å²) in [7, 11) is 0. The van der Waals surface area contributed by atoms with Crippen LogP contribution in [0.25, 0.3) is 0 Å². The first kappa shape index (κ1) is 16.7. The lowest BCUT2D eigenvalue weighted by Gasteiger charge is -2.15. The van der Waals surface area contributed by atoms with Crippen molar-refractivity contribution in [2.75, 3.05) is 6.54 Å². The maximum Gasteiger partial charge on any atom is 0.254 e. The number of aromatic nitrogens is 2. The average Bonchev–Trinajstić information content (AvgIpc) is 2.52. The Hall–Kier alpha value is -1.69. The fraction of sp³-hybridized carbons (Fsp3) is 0.267. The molecule has 7 heteroatoms. The minimum Gasteiger partial charge on any atom is -0.386 e. The van der Waals surface area contributed by atoms with E-state index in [1.54, 1.807) is 18.2 Å². The number of halogens is 2. The van der Waals surface area contributed by atoms with Gasteiger partial charge in [0.25, 0.3) is 5.91 Å². The summed E-state index contributed by atoms with van der Waals surface area (Å²) in [6, 6.07) is 4.95. The number of aliphatic hydroxyl groups is 1. The molecule has 0 spiro atoms. The second-order valence-electron chi connectivity index (χ2n) is 4.60. The lowest BCUT2D eigenvalue weighted by atomic mass is 10.1. The van der Waals surface area contributed by atoms with Gasteiger partial charge in [0.1, 0.15) is 6.33 Å². The number of aliphatic hydroxyl groups excluding tert-OH is 1. The van der Waals surface area contributed by atoms with E-state index in [0.29, 0.717) is 33.3 Å². The average molecular weight is 340 g/mol. The van der Waals surface area contributed by atoms with Gasteiger partial charge in [0.15, 0.2) is 0 Å². The maximum absolute atomic E-state index is 12.2. The van der Waals surface area contributed by atoms with Crippen molar-refractivity contribution in [3.8, 4) is 0 Å². The smallest absolute Gasteiger partial charge is 0.254 e. The van der Waals surface area contributed by atoms with Crippen LogP contribution >= 0.6 is 23.2 Å². The number of aryl methyl sites for hydroxylation is 1. The second kappa shape index (κ2) is 7.54. The summed E-state index contributed by atoms with van der Waals surface area (Å²) >= 11 is 12.1. The number of carbonyl (C=O) groups is 1. The molecule has 1 aromatic carbocycles. The molecule has 5 nitrogen and oxygen atoms in total. The van der Waals surface area contributed by atoms with Gasteiger partial charge in [-0.05, 0) is 18.6 Å². The molecule has 2 aromatic rings. The molecule has 1 aromatic heterocycles. The molecule has 0 aliphatic rings. The van der Waals surface area contributed by atoms with Crippen LogP contribution in [0.1, 0.15) is 34.6 Å². The SMILES string of the molecule is CCc1ncncc1C(=O)NC[C@@H](O)c1c(Cl)cccc1Cl. The van der Waals surface area contributed by atoms with Gasteiger partial charge in [-0.25, -0.2) is 9.97 Å². The predicted octanol–water partition coefficient (Wildman–Crippen LogP) is 2.81. The molecule has 2 N–H and O–H groups in total. The predicted molar refractivity (Wildman–Crippen MR) is 85.2 cm³/mol. The maximum atomic E-state index is 12.2. The van der Waals surface area contributed by atoms with E-state index >= 15 is 0 Å². The molecule has 0 saturated carbocycles. The van der Waals surface area contributed by atoms with Gasteiger partial charge >= 0.3 is 0 Å². The first-order valence-corrected chi connectivity index (χ1v) is 7.49. The van der Waals surface area contributed by atoms with Gasteiger partial charge in [-0.2, -0.15) is 0 Å². The van der Waals surface area contributed by atoms with Crippen molar-refractivity contribution in [3.63, 3.8) is 0 Å². The Kier molecular flexibility index (Phi) is 5.71. The van der Waals surface area contributed by atoms with Crippen LogP contribution in [0.2, 0.25) is 10.0 Å². The summed E-state index contributed by atoms with van der Waals surface area (Å²) in [4.78, 5) is 20.1. The summed E-state index contributed by atoms with van der Waals surface area (Å²) in [5.41, 5.74) is 1.44. The molecule has 1 atom stereocenters. The molecule has 0 bridgehead atoms. The molecular weight excluding hydrogens is 325 g/mol. The monoisotopic (exact) mass is 339 g/mol. The van der Waals surface area contributed by atoms with Crippen molar-refractivity contribution >= 4 is 29.1 Å². The lowest BCUT2D eigenvalue weighted by Crippen LogP contribution is -2.29. The van der Waals surface area contributed by atoms with Crippen LogP contribution in [-0.4, -0.2) is 27.5 Å². The molecule has 0 aliphatic heterocycles. The van der Waals surface area contributed by atoms with Gasteiger partial charge in [-0.1, -0.05) is 36.2 Å². The highest BCUT2D eigenvalue weighted by atomic mass is 35.5. The number of carbonyl (C=O) groups excluding carboxylic acids is 1. The van der Waals surface area contributed by atoms with Crippen molar-refractivity contribution in [2.24, 2.45) is 0 Å². The van der Waals surface area contributed by atoms with E-state index in [1.165, 1.54) is 12.5 Å². The summed E-state index contributed by atoms with van der Waals surface area (Å²) in [6.45, 7) is 1.89. The quantitative estimate of drug-likeness (QED) is 0.878. The zero-order chi connectivity index (χ0) is 16.1. The molecule has 0 aliphatic carbocycles. The Morgan fingerprint density at radius 2 is 2.05 bits per heavy atom. The van der Waals surface area contributed by atoms with Gasteiger partial charge < -0.3 is 10.4 Å². The van der Waals surface area contributed by atoms with Crippen LogP contribution in [0, 0.1) is 0 Å². The van der Waals surface area contributed by atoms with Crippen molar-refractivity contribution in [1.82, 2.24) is 15.3 Å². The molecule has 2 rings (SSSR count). The highest BCUT2D eigenvalue weighted by Crippen LogP contribution is 2.29. The van der Waals surface area contributed by atoms with E-state index in [9.17, 15) is 9.90 Å². The molecule has 0 radical (unpaired) electrons. The van der Waals surface area contributed by atoms with Crippen molar-refractivity contribution in [1.29, 1.82) is 0 Å². The number of benzene rings is 1. The van der Waals surface area contributed by atoms with Gasteiger partial charge in [-0.15, -0.1) is 0 Å². The molecule has 116 valence electrons. The number of rotatable bonds is 5. The third kappa shape index (κ3) is 3.74. The topological polar surface area (TPSA) is 75.1 Å². The van der Waals surface area contributed by atoms with Crippen molar-refractivity contribution in [3.05, 3.63) is 57.6 Å². The highest BCUT2D eigenvalue weighted by Gasteiger charge is 2.18. The minimum absolute atomic E-state index is 0.0136. The lowest BCUT2D eigenvalue weighted by molar-refractivity contribution is 0.0914. The Balaban J connectivity index is 2.08. The van der Waals surface area contributed by atoms with Crippen LogP contribution in [0.5, 0.6) is 0 Å². The normalized spacial score (nSPS) is 12.0. The van der Waals surface area contributed by atoms with Gasteiger partial charge in [-0.3, -0.25) is 4.79 Å². The Morgan fingerprint density at radius 3 is 2.68 bits per heavy atom. The number of amides is 1. The summed E-state index contributed by atoms with van der Waals surface area (Å²) < 4.78 is 0. The van der Waals surface area contributed by atoms with Crippen LogP contribution in [0.3, 0.4) is 0 Å². The summed E-state index contributed by atoms with van der Waals surface area (Å²) in [5.74, 6) is -0.348. The summed E-state index contributed by atoms with van der Waals surface area (Å²) in [6.07, 6.45) is 2.47. The molecule has 1 heterocycles. The second-order valence-corrected chi connectivity index (χ2v) is 5.41. The van der Waals surface area contributed by atoms with Crippen LogP contribution in [-0.2, 0) is 6.42 Å².